The first-order valence-electron chi connectivity index (χ1n) is 24.0. The largest absolute Gasteiger partial charge is 0.292 e. The Labute approximate surface area is 393 Å². The van der Waals surface area contributed by atoms with Crippen LogP contribution in [0.25, 0.3) is 101 Å². The van der Waals surface area contributed by atoms with Crippen molar-refractivity contribution in [1.82, 2.24) is 18.8 Å². The van der Waals surface area contributed by atoms with E-state index in [2.05, 4.69) is 203 Å². The summed E-state index contributed by atoms with van der Waals surface area (Å²) in [4.78, 5) is 10.5. The molecule has 4 nitrogen and oxygen atoms in total. The molecule has 11 aromatic rings. The molecule has 2 atom stereocenters. The molecule has 0 N–H and O–H groups in total. The minimum atomic E-state index is -0.359. The molecular formula is C64H44N4. The van der Waals surface area contributed by atoms with Gasteiger partial charge in [0.05, 0.1) is 38.9 Å². The van der Waals surface area contributed by atoms with Gasteiger partial charge in [0.15, 0.2) is 0 Å². The number of pyridine rings is 2. The van der Waals surface area contributed by atoms with Crippen LogP contribution in [-0.2, 0) is 11.8 Å². The van der Waals surface area contributed by atoms with E-state index in [1.54, 1.807) is 0 Å². The fourth-order valence-electron chi connectivity index (χ4n) is 13.2. The van der Waals surface area contributed by atoms with Crippen LogP contribution < -0.4 is 0 Å². The molecule has 0 saturated heterocycles. The quantitative estimate of drug-likeness (QED) is 0.165. The van der Waals surface area contributed by atoms with E-state index in [0.29, 0.717) is 0 Å². The molecule has 7 aromatic carbocycles. The second-order valence-electron chi connectivity index (χ2n) is 19.1. The summed E-state index contributed by atoms with van der Waals surface area (Å²) in [5, 5.41) is 4.85. The van der Waals surface area contributed by atoms with Crippen LogP contribution in [0.1, 0.15) is 75.7 Å². The van der Waals surface area contributed by atoms with E-state index in [1.807, 2.05) is 13.0 Å². The number of nitrogens with zero attached hydrogens (tertiary/aromatic N) is 4. The number of para-hydroxylation sites is 4. The van der Waals surface area contributed by atoms with Crippen LogP contribution in [0.2, 0.25) is 0 Å². The lowest BCUT2D eigenvalue weighted by molar-refractivity contribution is 0.499. The highest BCUT2D eigenvalue weighted by Crippen LogP contribution is 2.66. The minimum absolute atomic E-state index is 0.200. The summed E-state index contributed by atoms with van der Waals surface area (Å²) in [7, 11) is 0. The van der Waals surface area contributed by atoms with E-state index in [-0.39, 0.29) is 11.3 Å². The summed E-state index contributed by atoms with van der Waals surface area (Å²) in [6, 6.07) is 59.2. The molecule has 0 bridgehead atoms. The first-order valence-corrected chi connectivity index (χ1v) is 24.0. The van der Waals surface area contributed by atoms with Gasteiger partial charge in [-0.25, -0.2) is 9.97 Å². The molecular weight excluding hydrogens is 825 g/mol. The molecule has 2 unspecified atom stereocenters. The van der Waals surface area contributed by atoms with E-state index in [4.69, 9.17) is 9.97 Å². The summed E-state index contributed by atoms with van der Waals surface area (Å²) in [6.07, 6.45) is 16.2. The fraction of sp³-hybridized carbons (Fsp3) is 0.0938. The predicted molar refractivity (Wildman–Crippen MR) is 284 cm³/mol. The number of aromatic nitrogens is 4. The topological polar surface area (TPSA) is 34.6 Å². The van der Waals surface area contributed by atoms with Crippen LogP contribution in [-0.4, -0.2) is 18.8 Å². The van der Waals surface area contributed by atoms with Crippen molar-refractivity contribution in [3.05, 3.63) is 238 Å². The van der Waals surface area contributed by atoms with Gasteiger partial charge in [-0.1, -0.05) is 152 Å². The third-order valence-corrected chi connectivity index (χ3v) is 16.0. The maximum atomic E-state index is 5.25. The number of fused-ring (bicyclic) bond motifs is 24. The SMILES string of the molecule is C=Cc1c(/C=C\C)nc2c3ccc(C4=CC=C5c6ccccc6C6(c7ccccc7-c7ccc(C8=Cc9c(c%10nc%11ccccc%11n%10c%10ccccc9%10)CC8)cc76)C5C4)cc3c3ccccc3n12. The van der Waals surface area contributed by atoms with Crippen molar-refractivity contribution in [2.75, 3.05) is 0 Å². The summed E-state index contributed by atoms with van der Waals surface area (Å²) in [6.45, 7) is 6.25. The zero-order valence-corrected chi connectivity index (χ0v) is 37.7. The Kier molecular flexibility index (Phi) is 7.71. The van der Waals surface area contributed by atoms with Crippen molar-refractivity contribution in [3.8, 4) is 11.1 Å². The molecule has 0 amide bonds. The van der Waals surface area contributed by atoms with E-state index in [0.717, 1.165) is 63.9 Å². The van der Waals surface area contributed by atoms with Crippen LogP contribution in [0.5, 0.6) is 0 Å². The van der Waals surface area contributed by atoms with E-state index in [1.165, 1.54) is 94.0 Å². The second-order valence-corrected chi connectivity index (χ2v) is 19.1. The maximum absolute atomic E-state index is 5.25. The highest BCUT2D eigenvalue weighted by molar-refractivity contribution is 6.13. The first kappa shape index (κ1) is 37.8. The Hall–Kier alpha value is -8.34. The summed E-state index contributed by atoms with van der Waals surface area (Å²) in [5.74, 6) is 0.200. The number of benzene rings is 7. The number of hydrogen-bond acceptors (Lipinski definition) is 2. The predicted octanol–water partition coefficient (Wildman–Crippen LogP) is 15.6. The molecule has 15 rings (SSSR count). The van der Waals surface area contributed by atoms with Crippen molar-refractivity contribution >= 4 is 89.9 Å². The maximum Gasteiger partial charge on any atom is 0.146 e. The molecule has 0 aliphatic heterocycles. The fourth-order valence-corrected chi connectivity index (χ4v) is 13.2. The monoisotopic (exact) mass is 868 g/mol. The van der Waals surface area contributed by atoms with Gasteiger partial charge in [0, 0.05) is 27.6 Å². The third-order valence-electron chi connectivity index (χ3n) is 16.0. The van der Waals surface area contributed by atoms with Crippen molar-refractivity contribution in [1.29, 1.82) is 0 Å². The lowest BCUT2D eigenvalue weighted by Crippen LogP contribution is -2.33. The Balaban J connectivity index is 0.903. The van der Waals surface area contributed by atoms with Gasteiger partial charge in [-0.15, -0.1) is 0 Å². The number of allylic oxidation sites excluding steroid dienone is 6. The zero-order valence-electron chi connectivity index (χ0n) is 37.7. The molecule has 68 heavy (non-hydrogen) atoms. The molecule has 320 valence electrons. The molecule has 4 aliphatic carbocycles. The summed E-state index contributed by atoms with van der Waals surface area (Å²) < 4.78 is 4.66. The van der Waals surface area contributed by atoms with Gasteiger partial charge in [-0.2, -0.15) is 0 Å². The van der Waals surface area contributed by atoms with Crippen LogP contribution in [0.15, 0.2) is 183 Å². The summed E-state index contributed by atoms with van der Waals surface area (Å²) >= 11 is 0. The molecule has 4 heterocycles. The average molecular weight is 869 g/mol. The smallest absolute Gasteiger partial charge is 0.146 e. The van der Waals surface area contributed by atoms with Gasteiger partial charge in [-0.3, -0.25) is 8.80 Å². The van der Waals surface area contributed by atoms with Crippen LogP contribution in [0.3, 0.4) is 0 Å². The standard InChI is InChI=1S/C64H44N4/c1-3-15-56-58(4-2)67-59-23-12-7-18-46(59)50-34-38(28-32-48(50)62(67)65-56)40-26-30-44-42-16-5-9-20-52(42)64(54(44)36-40)53-21-10-6-17-43(53)45-31-27-41(37-55(45)64)39-29-33-49-51(35-39)47-19-8-13-24-60(47)68-61-25-14-11-22-57(61)66-63(49)68/h3-28,30-32,34-35,37,54H,2,29,33,36H2,1H3/b15-3-. The van der Waals surface area contributed by atoms with Crippen LogP contribution >= 0.6 is 0 Å². The number of aryl methyl sites for hydroxylation is 1. The van der Waals surface area contributed by atoms with E-state index < -0.39 is 0 Å². The molecule has 4 aliphatic rings. The van der Waals surface area contributed by atoms with Crippen molar-refractivity contribution in [2.45, 2.75) is 31.6 Å². The van der Waals surface area contributed by atoms with Gasteiger partial charge in [0.1, 0.15) is 11.3 Å². The van der Waals surface area contributed by atoms with Gasteiger partial charge >= 0.3 is 0 Å². The second kappa shape index (κ2) is 13.9. The van der Waals surface area contributed by atoms with Crippen molar-refractivity contribution in [2.24, 2.45) is 5.92 Å². The molecule has 4 aromatic heterocycles. The van der Waals surface area contributed by atoms with Gasteiger partial charge in [0.2, 0.25) is 0 Å². The van der Waals surface area contributed by atoms with Gasteiger partial charge in [0.25, 0.3) is 0 Å². The number of hydrogen-bond donors (Lipinski definition) is 0. The highest BCUT2D eigenvalue weighted by Gasteiger charge is 2.56. The average Bonchev–Trinajstić information content (AvgIpc) is 4.14. The molecule has 0 saturated carbocycles. The number of imidazole rings is 2. The number of rotatable bonds is 4. The third kappa shape index (κ3) is 4.84. The minimum Gasteiger partial charge on any atom is -0.292 e. The molecule has 4 heteroatoms. The van der Waals surface area contributed by atoms with Crippen molar-refractivity contribution in [3.63, 3.8) is 0 Å². The van der Waals surface area contributed by atoms with E-state index in [9.17, 15) is 0 Å². The Morgan fingerprint density at radius 3 is 2.10 bits per heavy atom. The normalized spacial score (nSPS) is 18.1. The Morgan fingerprint density at radius 1 is 0.574 bits per heavy atom. The van der Waals surface area contributed by atoms with Gasteiger partial charge in [-0.05, 0) is 147 Å². The zero-order chi connectivity index (χ0) is 44.8. The molecule has 1 spiro atoms. The van der Waals surface area contributed by atoms with E-state index >= 15 is 0 Å². The summed E-state index contributed by atoms with van der Waals surface area (Å²) in [5.41, 5.74) is 25.9. The Morgan fingerprint density at radius 2 is 1.26 bits per heavy atom. The van der Waals surface area contributed by atoms with Crippen LogP contribution in [0.4, 0.5) is 0 Å². The lowest BCUT2D eigenvalue weighted by atomic mass is 9.64. The Bertz CT molecular complexity index is 4220. The van der Waals surface area contributed by atoms with Gasteiger partial charge < -0.3 is 0 Å². The highest BCUT2D eigenvalue weighted by atomic mass is 15.0. The first-order chi connectivity index (χ1) is 33.6. The lowest BCUT2D eigenvalue weighted by Gasteiger charge is -2.37. The van der Waals surface area contributed by atoms with Crippen molar-refractivity contribution < 1.29 is 0 Å². The van der Waals surface area contributed by atoms with Crippen LogP contribution in [0, 0.1) is 5.92 Å². The molecule has 0 fully saturated rings. The molecule has 0 radical (unpaired) electrons.